The zero-order chi connectivity index (χ0) is 21.6. The lowest BCUT2D eigenvalue weighted by Gasteiger charge is -2.35. The summed E-state index contributed by atoms with van der Waals surface area (Å²) in [6.45, 7) is 6.68. The monoisotopic (exact) mass is 426 g/mol. The van der Waals surface area contributed by atoms with E-state index in [1.54, 1.807) is 12.4 Å². The third-order valence-electron chi connectivity index (χ3n) is 6.14. The Morgan fingerprint density at radius 1 is 1.23 bits per heavy atom. The van der Waals surface area contributed by atoms with Gasteiger partial charge >= 0.3 is 0 Å². The first-order chi connectivity index (χ1) is 15.1. The van der Waals surface area contributed by atoms with Crippen LogP contribution >= 0.6 is 0 Å². The summed E-state index contributed by atoms with van der Waals surface area (Å²) in [5.41, 5.74) is 1.40. The first-order valence-corrected chi connectivity index (χ1v) is 11.0. The van der Waals surface area contributed by atoms with Gasteiger partial charge in [-0.1, -0.05) is 6.07 Å². The summed E-state index contributed by atoms with van der Waals surface area (Å²) in [6.07, 6.45) is 5.96. The van der Waals surface area contributed by atoms with Crippen molar-refractivity contribution in [2.24, 2.45) is 0 Å². The number of nitrogens with zero attached hydrogens (tertiary/aromatic N) is 5. The molecule has 9 nitrogen and oxygen atoms in total. The lowest BCUT2D eigenvalue weighted by Crippen LogP contribution is -2.49. The average Bonchev–Trinajstić information content (AvgIpc) is 3.27. The first kappa shape index (κ1) is 21.3. The number of rotatable bonds is 7. The van der Waals surface area contributed by atoms with Crippen molar-refractivity contribution in [3.05, 3.63) is 46.5 Å². The second-order valence-corrected chi connectivity index (χ2v) is 8.08. The summed E-state index contributed by atoms with van der Waals surface area (Å²) in [6, 6.07) is 6.10. The standard InChI is InChI=1S/C22H30N6O3/c1-17-19(15-24-25-22(17)30)28-9-4-5-18(28)16-31-14-7-21(29)27-12-10-26(11-13-27)20-6-2-3-8-23-20/h2-3,6,8,15,18H,4-5,7,9-14,16H2,1H3,(H,25,30)/t18-/m0/s1. The molecule has 4 rings (SSSR count). The maximum Gasteiger partial charge on any atom is 0.269 e. The minimum atomic E-state index is -0.155. The quantitative estimate of drug-likeness (QED) is 0.665. The largest absolute Gasteiger partial charge is 0.379 e. The Morgan fingerprint density at radius 2 is 2.06 bits per heavy atom. The van der Waals surface area contributed by atoms with Gasteiger partial charge in [0, 0.05) is 44.5 Å². The molecule has 1 amide bonds. The van der Waals surface area contributed by atoms with E-state index in [2.05, 4.69) is 25.0 Å². The Bertz CT molecular complexity index is 926. The van der Waals surface area contributed by atoms with Gasteiger partial charge in [-0.3, -0.25) is 9.59 Å². The minimum Gasteiger partial charge on any atom is -0.379 e. The van der Waals surface area contributed by atoms with Gasteiger partial charge in [-0.2, -0.15) is 5.10 Å². The van der Waals surface area contributed by atoms with Crippen molar-refractivity contribution in [3.63, 3.8) is 0 Å². The molecule has 0 bridgehead atoms. The van der Waals surface area contributed by atoms with Gasteiger partial charge in [-0.25, -0.2) is 10.1 Å². The highest BCUT2D eigenvalue weighted by molar-refractivity contribution is 5.76. The molecule has 0 saturated carbocycles. The van der Waals surface area contributed by atoms with Crippen LogP contribution in [0.4, 0.5) is 11.5 Å². The van der Waals surface area contributed by atoms with Crippen molar-refractivity contribution in [3.8, 4) is 0 Å². The van der Waals surface area contributed by atoms with Gasteiger partial charge in [-0.05, 0) is 31.9 Å². The van der Waals surface area contributed by atoms with Crippen LogP contribution in [0.15, 0.2) is 35.4 Å². The number of carbonyl (C=O) groups is 1. The number of aromatic amines is 1. The molecule has 2 fully saturated rings. The predicted octanol–water partition coefficient (Wildman–Crippen LogP) is 1.20. The number of hydrogen-bond donors (Lipinski definition) is 1. The van der Waals surface area contributed by atoms with Gasteiger partial charge in [0.05, 0.1) is 37.6 Å². The molecule has 0 aromatic carbocycles. The number of pyridine rings is 1. The number of nitrogens with one attached hydrogen (secondary N) is 1. The molecule has 0 spiro atoms. The number of ether oxygens (including phenoxy) is 1. The predicted molar refractivity (Wildman–Crippen MR) is 118 cm³/mol. The Kier molecular flexibility index (Phi) is 6.81. The number of carbonyl (C=O) groups excluding carboxylic acids is 1. The van der Waals surface area contributed by atoms with Crippen molar-refractivity contribution in [2.75, 3.05) is 55.7 Å². The van der Waals surface area contributed by atoms with Crippen molar-refractivity contribution in [2.45, 2.75) is 32.2 Å². The Labute approximate surface area is 182 Å². The molecule has 2 aliphatic rings. The number of aromatic nitrogens is 3. The molecule has 0 radical (unpaired) electrons. The van der Waals surface area contributed by atoms with Gasteiger partial charge in [0.1, 0.15) is 5.82 Å². The van der Waals surface area contributed by atoms with Crippen molar-refractivity contribution in [1.82, 2.24) is 20.1 Å². The molecular formula is C22H30N6O3. The molecule has 4 heterocycles. The van der Waals surface area contributed by atoms with Crippen molar-refractivity contribution < 1.29 is 9.53 Å². The van der Waals surface area contributed by atoms with E-state index in [4.69, 9.17) is 4.74 Å². The molecule has 166 valence electrons. The molecule has 0 unspecified atom stereocenters. The highest BCUT2D eigenvalue weighted by Gasteiger charge is 2.27. The van der Waals surface area contributed by atoms with Crippen LogP contribution in [-0.4, -0.2) is 78.0 Å². The van der Waals surface area contributed by atoms with Crippen molar-refractivity contribution in [1.29, 1.82) is 0 Å². The smallest absolute Gasteiger partial charge is 0.269 e. The van der Waals surface area contributed by atoms with Crippen LogP contribution < -0.4 is 15.4 Å². The van der Waals surface area contributed by atoms with Gasteiger partial charge in [-0.15, -0.1) is 0 Å². The average molecular weight is 427 g/mol. The third kappa shape index (κ3) is 5.04. The van der Waals surface area contributed by atoms with E-state index in [9.17, 15) is 9.59 Å². The molecule has 2 aromatic rings. The van der Waals surface area contributed by atoms with Crippen LogP contribution in [0.2, 0.25) is 0 Å². The molecule has 1 atom stereocenters. The summed E-state index contributed by atoms with van der Waals surface area (Å²) >= 11 is 0. The fourth-order valence-electron chi connectivity index (χ4n) is 4.33. The fraction of sp³-hybridized carbons (Fsp3) is 0.545. The summed E-state index contributed by atoms with van der Waals surface area (Å²) in [5.74, 6) is 1.10. The molecular weight excluding hydrogens is 396 g/mol. The second kappa shape index (κ2) is 9.91. The van der Waals surface area contributed by atoms with E-state index in [0.717, 1.165) is 44.0 Å². The van der Waals surface area contributed by atoms with E-state index in [1.165, 1.54) is 0 Å². The summed E-state index contributed by atoms with van der Waals surface area (Å²) < 4.78 is 5.88. The van der Waals surface area contributed by atoms with E-state index in [1.807, 2.05) is 30.0 Å². The fourth-order valence-corrected chi connectivity index (χ4v) is 4.33. The van der Waals surface area contributed by atoms with Gasteiger partial charge in [0.25, 0.3) is 5.56 Å². The molecule has 31 heavy (non-hydrogen) atoms. The zero-order valence-corrected chi connectivity index (χ0v) is 18.0. The molecule has 2 aromatic heterocycles. The number of H-pyrrole nitrogens is 1. The zero-order valence-electron chi connectivity index (χ0n) is 18.0. The minimum absolute atomic E-state index is 0.138. The molecule has 2 saturated heterocycles. The summed E-state index contributed by atoms with van der Waals surface area (Å²) in [7, 11) is 0. The number of hydrogen-bond acceptors (Lipinski definition) is 7. The Balaban J connectivity index is 1.20. The van der Waals surface area contributed by atoms with E-state index >= 15 is 0 Å². The lowest BCUT2D eigenvalue weighted by molar-refractivity contribution is -0.132. The highest BCUT2D eigenvalue weighted by Crippen LogP contribution is 2.26. The number of amides is 1. The number of anilines is 2. The third-order valence-corrected chi connectivity index (χ3v) is 6.14. The van der Waals surface area contributed by atoms with Gasteiger partial charge in [0.2, 0.25) is 5.91 Å². The highest BCUT2D eigenvalue weighted by atomic mass is 16.5. The lowest BCUT2D eigenvalue weighted by atomic mass is 10.2. The topological polar surface area (TPSA) is 94.7 Å². The van der Waals surface area contributed by atoms with Crippen LogP contribution in [0.5, 0.6) is 0 Å². The van der Waals surface area contributed by atoms with Crippen LogP contribution in [0.1, 0.15) is 24.8 Å². The van der Waals surface area contributed by atoms with Gasteiger partial charge < -0.3 is 19.4 Å². The Hall–Kier alpha value is -2.94. The molecule has 0 aliphatic carbocycles. The number of piperazine rings is 1. The first-order valence-electron chi connectivity index (χ1n) is 11.0. The van der Waals surface area contributed by atoms with Crippen molar-refractivity contribution >= 4 is 17.4 Å². The van der Waals surface area contributed by atoms with E-state index < -0.39 is 0 Å². The summed E-state index contributed by atoms with van der Waals surface area (Å²) in [4.78, 5) is 35.1. The molecule has 9 heteroatoms. The van der Waals surface area contributed by atoms with E-state index in [0.29, 0.717) is 38.3 Å². The van der Waals surface area contributed by atoms with Crippen LogP contribution in [-0.2, 0) is 9.53 Å². The summed E-state index contributed by atoms with van der Waals surface area (Å²) in [5, 5.41) is 6.42. The normalized spacial score (nSPS) is 19.1. The van der Waals surface area contributed by atoms with Gasteiger partial charge in [0.15, 0.2) is 0 Å². The molecule has 2 aliphatic heterocycles. The van der Waals surface area contributed by atoms with E-state index in [-0.39, 0.29) is 17.5 Å². The maximum absolute atomic E-state index is 12.6. The van der Waals surface area contributed by atoms with Crippen LogP contribution in [0.3, 0.4) is 0 Å². The molecule has 1 N–H and O–H groups in total. The Morgan fingerprint density at radius 3 is 2.84 bits per heavy atom. The van der Waals surface area contributed by atoms with Crippen LogP contribution in [0.25, 0.3) is 0 Å². The van der Waals surface area contributed by atoms with Crippen LogP contribution in [0, 0.1) is 6.92 Å². The SMILES string of the molecule is Cc1c(N2CCC[C@H]2COCCC(=O)N2CCN(c3ccccn3)CC2)cn[nH]c1=O. The second-order valence-electron chi connectivity index (χ2n) is 8.08. The maximum atomic E-state index is 12.6.